The summed E-state index contributed by atoms with van der Waals surface area (Å²) in [5.74, 6) is 2.04. The van der Waals surface area contributed by atoms with Crippen molar-refractivity contribution in [3.63, 3.8) is 0 Å². The lowest BCUT2D eigenvalue weighted by atomic mass is 10.1. The van der Waals surface area contributed by atoms with Crippen LogP contribution in [0.15, 0.2) is 59.4 Å². The summed E-state index contributed by atoms with van der Waals surface area (Å²) >= 11 is 5.70. The van der Waals surface area contributed by atoms with Crippen LogP contribution in [0.5, 0.6) is 5.75 Å². The Balaban J connectivity index is 1.20. The standard InChI is InChI=1S/C25H29N7O2S/c1-18-8-10-20(11-9-18)23-27-24(34-28-23)19(2)30-14-12-29(13-15-30)17-32-25(35)31(16-26-32)21-6-4-5-7-22(21)33-3/h4-11,16,19H,12-15,17H2,1-3H3/t19-/m0/s1. The average Bonchev–Trinajstić information content (AvgIpc) is 3.52. The Morgan fingerprint density at radius 1 is 1.06 bits per heavy atom. The minimum atomic E-state index is 0.0516. The molecule has 0 bridgehead atoms. The molecule has 3 heterocycles. The van der Waals surface area contributed by atoms with Crippen LogP contribution >= 0.6 is 12.2 Å². The van der Waals surface area contributed by atoms with Crippen molar-refractivity contribution in [3.8, 4) is 22.8 Å². The van der Waals surface area contributed by atoms with Crippen LogP contribution in [0.4, 0.5) is 0 Å². The second-order valence-electron chi connectivity index (χ2n) is 8.75. The van der Waals surface area contributed by atoms with Crippen LogP contribution in [0.25, 0.3) is 17.1 Å². The molecule has 182 valence electrons. The molecular formula is C25H29N7O2S. The Kier molecular flexibility index (Phi) is 6.76. The first-order chi connectivity index (χ1) is 17.0. The van der Waals surface area contributed by atoms with Crippen LogP contribution in [0, 0.1) is 11.7 Å². The highest BCUT2D eigenvalue weighted by Crippen LogP contribution is 2.25. The van der Waals surface area contributed by atoms with E-state index >= 15 is 0 Å². The number of hydrogen-bond acceptors (Lipinski definition) is 8. The molecule has 35 heavy (non-hydrogen) atoms. The van der Waals surface area contributed by atoms with Crippen molar-refractivity contribution in [2.45, 2.75) is 26.6 Å². The third kappa shape index (κ3) is 4.90. The summed E-state index contributed by atoms with van der Waals surface area (Å²) in [4.78, 5) is 9.38. The molecule has 1 saturated heterocycles. The number of ether oxygens (including phenoxy) is 1. The molecule has 1 aliphatic rings. The zero-order valence-corrected chi connectivity index (χ0v) is 21.0. The number of para-hydroxylation sites is 2. The first kappa shape index (κ1) is 23.4. The quantitative estimate of drug-likeness (QED) is 0.358. The van der Waals surface area contributed by atoms with E-state index in [1.807, 2.05) is 45.6 Å². The van der Waals surface area contributed by atoms with Gasteiger partial charge in [-0.15, -0.1) is 0 Å². The van der Waals surface area contributed by atoms with Crippen molar-refractivity contribution < 1.29 is 9.26 Å². The lowest BCUT2D eigenvalue weighted by molar-refractivity contribution is 0.0684. The summed E-state index contributed by atoms with van der Waals surface area (Å²) in [6, 6.07) is 16.0. The van der Waals surface area contributed by atoms with Crippen LogP contribution < -0.4 is 4.74 Å². The molecule has 0 amide bonds. The number of aryl methyl sites for hydroxylation is 1. The monoisotopic (exact) mass is 491 g/mol. The third-order valence-electron chi connectivity index (χ3n) is 6.48. The van der Waals surface area contributed by atoms with Crippen molar-refractivity contribution in [1.82, 2.24) is 34.3 Å². The van der Waals surface area contributed by atoms with E-state index in [1.54, 1.807) is 13.4 Å². The summed E-state index contributed by atoms with van der Waals surface area (Å²) in [6.07, 6.45) is 1.75. The predicted octanol–water partition coefficient (Wildman–Crippen LogP) is 4.11. The van der Waals surface area contributed by atoms with Gasteiger partial charge in [-0.1, -0.05) is 47.1 Å². The largest absolute Gasteiger partial charge is 0.495 e. The fourth-order valence-corrected chi connectivity index (χ4v) is 4.54. The first-order valence-electron chi connectivity index (χ1n) is 11.7. The number of benzene rings is 2. The van der Waals surface area contributed by atoms with Crippen LogP contribution in [-0.2, 0) is 6.67 Å². The van der Waals surface area contributed by atoms with E-state index < -0.39 is 0 Å². The maximum Gasteiger partial charge on any atom is 0.244 e. The SMILES string of the molecule is COc1ccccc1-n1cnn(CN2CCN([C@@H](C)c3nc(-c4ccc(C)cc4)no3)CC2)c1=S. The molecule has 1 fully saturated rings. The molecule has 2 aromatic heterocycles. The molecule has 0 N–H and O–H groups in total. The van der Waals surface area contributed by atoms with E-state index in [1.165, 1.54) is 5.56 Å². The van der Waals surface area contributed by atoms with Crippen molar-refractivity contribution in [2.24, 2.45) is 0 Å². The van der Waals surface area contributed by atoms with Crippen molar-refractivity contribution >= 4 is 12.2 Å². The fourth-order valence-electron chi connectivity index (χ4n) is 4.29. The molecule has 0 radical (unpaired) electrons. The summed E-state index contributed by atoms with van der Waals surface area (Å²) in [7, 11) is 1.66. The normalized spacial score (nSPS) is 15.9. The number of hydrogen-bond donors (Lipinski definition) is 0. The second kappa shape index (κ2) is 10.1. The lowest BCUT2D eigenvalue weighted by Gasteiger charge is -2.36. The Morgan fingerprint density at radius 3 is 2.54 bits per heavy atom. The maximum absolute atomic E-state index is 5.70. The third-order valence-corrected chi connectivity index (χ3v) is 6.88. The van der Waals surface area contributed by atoms with Crippen LogP contribution in [0.1, 0.15) is 24.4 Å². The average molecular weight is 492 g/mol. The van der Waals surface area contributed by atoms with Crippen LogP contribution in [-0.4, -0.2) is 67.6 Å². The van der Waals surface area contributed by atoms with Gasteiger partial charge in [-0.05, 0) is 38.2 Å². The Hall–Kier alpha value is -3.34. The highest BCUT2D eigenvalue weighted by atomic mass is 32.1. The van der Waals surface area contributed by atoms with Crippen LogP contribution in [0.3, 0.4) is 0 Å². The highest BCUT2D eigenvalue weighted by molar-refractivity contribution is 7.71. The Morgan fingerprint density at radius 2 is 1.80 bits per heavy atom. The lowest BCUT2D eigenvalue weighted by Crippen LogP contribution is -2.47. The zero-order valence-electron chi connectivity index (χ0n) is 20.2. The summed E-state index contributed by atoms with van der Waals surface area (Å²) in [5, 5.41) is 8.73. The molecule has 0 saturated carbocycles. The number of piperazine rings is 1. The van der Waals surface area contributed by atoms with Gasteiger partial charge in [-0.2, -0.15) is 10.1 Å². The molecular weight excluding hydrogens is 462 g/mol. The smallest absolute Gasteiger partial charge is 0.244 e. The molecule has 10 heteroatoms. The van der Waals surface area contributed by atoms with Crippen molar-refractivity contribution in [1.29, 1.82) is 0 Å². The molecule has 0 spiro atoms. The zero-order chi connectivity index (χ0) is 24.4. The van der Waals surface area contributed by atoms with Gasteiger partial charge in [0.1, 0.15) is 12.1 Å². The van der Waals surface area contributed by atoms with Gasteiger partial charge in [0.15, 0.2) is 0 Å². The number of rotatable bonds is 7. The molecule has 2 aromatic carbocycles. The minimum Gasteiger partial charge on any atom is -0.495 e. The topological polar surface area (TPSA) is 77.4 Å². The van der Waals surface area contributed by atoms with E-state index in [9.17, 15) is 0 Å². The van der Waals surface area contributed by atoms with Crippen molar-refractivity contribution in [2.75, 3.05) is 33.3 Å². The molecule has 4 aromatic rings. The second-order valence-corrected chi connectivity index (χ2v) is 9.11. The van der Waals surface area contributed by atoms with Gasteiger partial charge in [-0.3, -0.25) is 14.4 Å². The molecule has 9 nitrogen and oxygen atoms in total. The molecule has 0 aliphatic carbocycles. The van der Waals surface area contributed by atoms with Gasteiger partial charge >= 0.3 is 0 Å². The minimum absolute atomic E-state index is 0.0516. The van der Waals surface area contributed by atoms with E-state index in [2.05, 4.69) is 51.0 Å². The van der Waals surface area contributed by atoms with Crippen molar-refractivity contribution in [3.05, 3.63) is 71.1 Å². The van der Waals surface area contributed by atoms with Gasteiger partial charge in [0, 0.05) is 31.7 Å². The van der Waals surface area contributed by atoms with Gasteiger partial charge in [-0.25, -0.2) is 4.68 Å². The van der Waals surface area contributed by atoms with E-state index in [4.69, 9.17) is 21.5 Å². The van der Waals surface area contributed by atoms with Gasteiger partial charge in [0.2, 0.25) is 16.5 Å². The summed E-state index contributed by atoms with van der Waals surface area (Å²) in [5.41, 5.74) is 3.05. The number of nitrogens with zero attached hydrogens (tertiary/aromatic N) is 7. The molecule has 5 rings (SSSR count). The van der Waals surface area contributed by atoms with E-state index in [-0.39, 0.29) is 6.04 Å². The number of methoxy groups -OCH3 is 1. The number of aromatic nitrogens is 5. The molecule has 0 unspecified atom stereocenters. The highest BCUT2D eigenvalue weighted by Gasteiger charge is 2.26. The molecule has 1 atom stereocenters. The van der Waals surface area contributed by atoms with Gasteiger partial charge in [0.05, 0.1) is 25.5 Å². The fraction of sp³-hybridized carbons (Fsp3) is 0.360. The maximum atomic E-state index is 5.70. The summed E-state index contributed by atoms with van der Waals surface area (Å²) < 4.78 is 15.5. The predicted molar refractivity (Wildman–Crippen MR) is 135 cm³/mol. The Labute approximate surface area is 209 Å². The first-order valence-corrected chi connectivity index (χ1v) is 12.1. The summed E-state index contributed by atoms with van der Waals surface area (Å²) in [6.45, 7) is 8.40. The Bertz CT molecular complexity index is 1340. The van der Waals surface area contributed by atoms with Gasteiger partial charge in [0.25, 0.3) is 0 Å². The van der Waals surface area contributed by atoms with Crippen LogP contribution in [0.2, 0.25) is 0 Å². The van der Waals surface area contributed by atoms with E-state index in [0.29, 0.717) is 23.2 Å². The molecule has 1 aliphatic heterocycles. The van der Waals surface area contributed by atoms with Gasteiger partial charge < -0.3 is 9.26 Å². The van der Waals surface area contributed by atoms with E-state index in [0.717, 1.165) is 43.2 Å².